The molecule has 27 heavy (non-hydrogen) atoms. The van der Waals surface area contributed by atoms with Crippen LogP contribution in [0, 0.1) is 0 Å². The average molecular weight is 399 g/mol. The van der Waals surface area contributed by atoms with Gasteiger partial charge in [0.1, 0.15) is 12.4 Å². The SMILES string of the molecule is CCCCCCCCCCCCCCCCCCCCn1cc[n+](C)c1.[Cl-]. The van der Waals surface area contributed by atoms with E-state index in [0.29, 0.717) is 0 Å². The van der Waals surface area contributed by atoms with E-state index in [-0.39, 0.29) is 12.4 Å². The molecular formula is C24H47ClN2. The maximum absolute atomic E-state index is 2.30. The predicted octanol–water partition coefficient (Wildman–Crippen LogP) is 4.36. The Morgan fingerprint density at radius 1 is 0.593 bits per heavy atom. The third kappa shape index (κ3) is 17.3. The fourth-order valence-corrected chi connectivity index (χ4v) is 3.83. The first-order valence-electron chi connectivity index (χ1n) is 11.8. The third-order valence-electron chi connectivity index (χ3n) is 5.59. The Balaban J connectivity index is 0.00000676. The highest BCUT2D eigenvalue weighted by Crippen LogP contribution is 2.14. The molecular weight excluding hydrogens is 352 g/mol. The fourth-order valence-electron chi connectivity index (χ4n) is 3.83. The van der Waals surface area contributed by atoms with E-state index in [1.165, 1.54) is 122 Å². The zero-order valence-electron chi connectivity index (χ0n) is 18.4. The summed E-state index contributed by atoms with van der Waals surface area (Å²) in [6.45, 7) is 3.48. The Hall–Kier alpha value is -0.500. The second-order valence-electron chi connectivity index (χ2n) is 8.33. The van der Waals surface area contributed by atoms with Crippen molar-refractivity contribution in [2.75, 3.05) is 0 Å². The van der Waals surface area contributed by atoms with Crippen molar-refractivity contribution in [1.82, 2.24) is 4.57 Å². The number of unbranched alkanes of at least 4 members (excludes halogenated alkanes) is 17. The molecule has 0 aliphatic carbocycles. The molecule has 160 valence electrons. The summed E-state index contributed by atoms with van der Waals surface area (Å²) in [5.74, 6) is 0. The number of rotatable bonds is 19. The zero-order valence-corrected chi connectivity index (χ0v) is 19.2. The van der Waals surface area contributed by atoms with E-state index in [9.17, 15) is 0 Å². The van der Waals surface area contributed by atoms with Crippen LogP contribution in [0.3, 0.4) is 0 Å². The number of nitrogens with zero attached hydrogens (tertiary/aromatic N) is 2. The molecule has 0 saturated heterocycles. The summed E-state index contributed by atoms with van der Waals surface area (Å²) in [5, 5.41) is 0. The molecule has 0 bridgehead atoms. The van der Waals surface area contributed by atoms with Crippen LogP contribution in [-0.2, 0) is 13.6 Å². The molecule has 0 fully saturated rings. The van der Waals surface area contributed by atoms with Crippen LogP contribution in [0.15, 0.2) is 18.7 Å². The lowest BCUT2D eigenvalue weighted by Crippen LogP contribution is -3.00. The monoisotopic (exact) mass is 398 g/mol. The maximum atomic E-state index is 2.30. The summed E-state index contributed by atoms with van der Waals surface area (Å²) in [6.07, 6.45) is 32.5. The lowest BCUT2D eigenvalue weighted by Gasteiger charge is -2.03. The number of hydrogen-bond donors (Lipinski definition) is 0. The Bertz CT molecular complexity index is 403. The van der Waals surface area contributed by atoms with Gasteiger partial charge in [0.15, 0.2) is 0 Å². The van der Waals surface area contributed by atoms with Crippen molar-refractivity contribution in [3.05, 3.63) is 18.7 Å². The molecule has 0 saturated carbocycles. The molecule has 0 unspecified atom stereocenters. The second kappa shape index (κ2) is 20.2. The van der Waals surface area contributed by atoms with Gasteiger partial charge in [-0.1, -0.05) is 110 Å². The van der Waals surface area contributed by atoms with Crippen LogP contribution in [0.1, 0.15) is 122 Å². The van der Waals surface area contributed by atoms with Gasteiger partial charge in [0.25, 0.3) is 0 Å². The molecule has 0 spiro atoms. The van der Waals surface area contributed by atoms with Gasteiger partial charge in [-0.3, -0.25) is 0 Å². The summed E-state index contributed by atoms with van der Waals surface area (Å²) in [5.41, 5.74) is 0. The molecule has 0 aliphatic heterocycles. The highest BCUT2D eigenvalue weighted by atomic mass is 35.5. The molecule has 3 heteroatoms. The molecule has 0 atom stereocenters. The van der Waals surface area contributed by atoms with Gasteiger partial charge in [0.2, 0.25) is 6.33 Å². The van der Waals surface area contributed by atoms with Crippen molar-refractivity contribution in [3.8, 4) is 0 Å². The topological polar surface area (TPSA) is 8.81 Å². The quantitative estimate of drug-likeness (QED) is 0.242. The Kier molecular flexibility index (Phi) is 19.9. The van der Waals surface area contributed by atoms with Crippen molar-refractivity contribution in [2.24, 2.45) is 7.05 Å². The van der Waals surface area contributed by atoms with Gasteiger partial charge < -0.3 is 12.4 Å². The Morgan fingerprint density at radius 2 is 0.963 bits per heavy atom. The summed E-state index contributed by atoms with van der Waals surface area (Å²) in [6, 6.07) is 0. The summed E-state index contributed by atoms with van der Waals surface area (Å²) in [4.78, 5) is 0. The van der Waals surface area contributed by atoms with Crippen LogP contribution in [0.2, 0.25) is 0 Å². The maximum Gasteiger partial charge on any atom is 0.243 e. The van der Waals surface area contributed by atoms with Crippen LogP contribution >= 0.6 is 0 Å². The normalized spacial score (nSPS) is 10.9. The first-order valence-corrected chi connectivity index (χ1v) is 11.8. The standard InChI is InChI=1S/C24H47N2.ClH/c1-3-4-5-6-7-8-9-10-11-12-13-14-15-16-17-18-19-20-21-26-23-22-25(2)24-26;/h22-24H,3-21H2,1-2H3;1H/q+1;/p-1. The van der Waals surface area contributed by atoms with Gasteiger partial charge in [0, 0.05) is 0 Å². The van der Waals surface area contributed by atoms with Crippen molar-refractivity contribution < 1.29 is 17.0 Å². The molecule has 2 nitrogen and oxygen atoms in total. The van der Waals surface area contributed by atoms with Crippen molar-refractivity contribution in [2.45, 2.75) is 129 Å². The van der Waals surface area contributed by atoms with E-state index in [4.69, 9.17) is 0 Å². The second-order valence-corrected chi connectivity index (χ2v) is 8.33. The molecule has 1 rings (SSSR count). The van der Waals surface area contributed by atoms with Gasteiger partial charge in [0.05, 0.1) is 13.6 Å². The predicted molar refractivity (Wildman–Crippen MR) is 114 cm³/mol. The van der Waals surface area contributed by atoms with E-state index in [2.05, 4.69) is 41.8 Å². The zero-order chi connectivity index (χ0) is 18.7. The van der Waals surface area contributed by atoms with E-state index in [1.807, 2.05) is 0 Å². The van der Waals surface area contributed by atoms with Crippen molar-refractivity contribution in [3.63, 3.8) is 0 Å². The van der Waals surface area contributed by atoms with E-state index >= 15 is 0 Å². The molecule has 0 aromatic carbocycles. The lowest BCUT2D eigenvalue weighted by molar-refractivity contribution is -0.671. The summed E-state index contributed by atoms with van der Waals surface area (Å²) >= 11 is 0. The average Bonchev–Trinajstić information content (AvgIpc) is 3.06. The van der Waals surface area contributed by atoms with Crippen molar-refractivity contribution >= 4 is 0 Å². The van der Waals surface area contributed by atoms with Gasteiger partial charge in [-0.25, -0.2) is 9.13 Å². The van der Waals surface area contributed by atoms with Gasteiger partial charge in [-0.15, -0.1) is 0 Å². The van der Waals surface area contributed by atoms with Crippen LogP contribution in [-0.4, -0.2) is 4.57 Å². The minimum absolute atomic E-state index is 0. The van der Waals surface area contributed by atoms with E-state index < -0.39 is 0 Å². The number of aryl methyl sites for hydroxylation is 2. The van der Waals surface area contributed by atoms with E-state index in [1.54, 1.807) is 0 Å². The number of hydrogen-bond acceptors (Lipinski definition) is 0. The Labute approximate surface area is 176 Å². The molecule has 0 N–H and O–H groups in total. The number of imidazole rings is 1. The molecule has 1 heterocycles. The molecule has 0 radical (unpaired) electrons. The minimum atomic E-state index is 0. The molecule has 1 aromatic rings. The van der Waals surface area contributed by atoms with E-state index in [0.717, 1.165) is 0 Å². The molecule has 0 amide bonds. The largest absolute Gasteiger partial charge is 1.00 e. The number of halogens is 1. The van der Waals surface area contributed by atoms with Crippen LogP contribution in [0.25, 0.3) is 0 Å². The molecule has 0 aliphatic rings. The highest BCUT2D eigenvalue weighted by molar-refractivity contribution is 4.65. The Morgan fingerprint density at radius 3 is 1.30 bits per heavy atom. The third-order valence-corrected chi connectivity index (χ3v) is 5.59. The van der Waals surface area contributed by atoms with Gasteiger partial charge in [-0.2, -0.15) is 0 Å². The lowest BCUT2D eigenvalue weighted by atomic mass is 10.0. The van der Waals surface area contributed by atoms with Gasteiger partial charge >= 0.3 is 0 Å². The van der Waals surface area contributed by atoms with Crippen LogP contribution in [0.4, 0.5) is 0 Å². The van der Waals surface area contributed by atoms with Crippen LogP contribution < -0.4 is 17.0 Å². The summed E-state index contributed by atoms with van der Waals surface area (Å²) in [7, 11) is 2.09. The minimum Gasteiger partial charge on any atom is -1.00 e. The first kappa shape index (κ1) is 26.5. The number of aromatic nitrogens is 2. The summed E-state index contributed by atoms with van der Waals surface area (Å²) < 4.78 is 4.42. The van der Waals surface area contributed by atoms with Crippen molar-refractivity contribution in [1.29, 1.82) is 0 Å². The van der Waals surface area contributed by atoms with Gasteiger partial charge in [-0.05, 0) is 12.8 Å². The highest BCUT2D eigenvalue weighted by Gasteiger charge is 1.99. The smallest absolute Gasteiger partial charge is 0.243 e. The first-order chi connectivity index (χ1) is 12.8. The fraction of sp³-hybridized carbons (Fsp3) is 0.875. The molecule has 1 aromatic heterocycles. The van der Waals surface area contributed by atoms with Crippen LogP contribution in [0.5, 0.6) is 0 Å².